The molecule has 4 aromatic rings. The van der Waals surface area contributed by atoms with E-state index < -0.39 is 15.9 Å². The molecule has 8 nitrogen and oxygen atoms in total. The summed E-state index contributed by atoms with van der Waals surface area (Å²) in [7, 11) is -2.64. The lowest BCUT2D eigenvalue weighted by atomic mass is 10.1. The van der Waals surface area contributed by atoms with Crippen molar-refractivity contribution in [3.8, 4) is 23.0 Å². The van der Waals surface area contributed by atoms with Crippen molar-refractivity contribution < 1.29 is 27.8 Å². The Morgan fingerprint density at radius 2 is 1.66 bits per heavy atom. The van der Waals surface area contributed by atoms with Gasteiger partial charge in [0.25, 0.3) is 15.9 Å². The van der Waals surface area contributed by atoms with E-state index >= 15 is 0 Å². The first kappa shape index (κ1) is 27.1. The van der Waals surface area contributed by atoms with Crippen LogP contribution in [-0.4, -0.2) is 26.5 Å². The summed E-state index contributed by atoms with van der Waals surface area (Å²) in [5.74, 6) is 0.509. The van der Waals surface area contributed by atoms with E-state index in [1.54, 1.807) is 36.4 Å². The summed E-state index contributed by atoms with van der Waals surface area (Å²) in [4.78, 5) is 12.9. The number of nitrogens with one attached hydrogen (secondary N) is 2. The number of sulfonamides is 1. The van der Waals surface area contributed by atoms with Gasteiger partial charge in [0.15, 0.2) is 11.5 Å². The third-order valence-electron chi connectivity index (χ3n) is 5.37. The maximum Gasteiger partial charge on any atom is 0.261 e. The average Bonchev–Trinajstić information content (AvgIpc) is 2.90. The molecule has 0 aromatic heterocycles. The number of halogens is 2. The first-order valence-electron chi connectivity index (χ1n) is 11.1. The molecule has 0 unspecified atom stereocenters. The van der Waals surface area contributed by atoms with E-state index in [2.05, 4.69) is 10.0 Å². The van der Waals surface area contributed by atoms with Gasteiger partial charge in [-0.2, -0.15) is 0 Å². The van der Waals surface area contributed by atoms with Crippen LogP contribution in [0.3, 0.4) is 0 Å². The zero-order valence-electron chi connectivity index (χ0n) is 19.9. The lowest BCUT2D eigenvalue weighted by Crippen LogP contribution is -2.25. The number of carbonyl (C=O) groups is 1. The van der Waals surface area contributed by atoms with E-state index in [-0.39, 0.29) is 39.2 Å². The van der Waals surface area contributed by atoms with Crippen LogP contribution in [-0.2, 0) is 16.6 Å². The SMILES string of the molecule is COc1cc(CNC(=O)c2cc(Cl)ccc2NS(=O)(=O)c2ccc(Oc3ccccc3Cl)cc2)ccc1O. The molecule has 1 amide bonds. The standard InChI is InChI=1S/C27H22Cl2N2O6S/c1-36-26-14-17(6-13-24(26)32)16-30-27(33)21-15-18(28)7-12-23(21)31-38(34,35)20-10-8-19(9-11-20)37-25-5-3-2-4-22(25)29/h2-15,31-32H,16H2,1H3,(H,30,33). The smallest absolute Gasteiger partial charge is 0.261 e. The minimum Gasteiger partial charge on any atom is -0.504 e. The number of carbonyl (C=O) groups excluding carboxylic acids is 1. The van der Waals surface area contributed by atoms with Crippen LogP contribution in [0.5, 0.6) is 23.0 Å². The molecule has 4 rings (SSSR count). The van der Waals surface area contributed by atoms with Gasteiger partial charge in [0.05, 0.1) is 28.3 Å². The lowest BCUT2D eigenvalue weighted by molar-refractivity contribution is 0.0951. The van der Waals surface area contributed by atoms with Crippen LogP contribution in [0, 0.1) is 0 Å². The van der Waals surface area contributed by atoms with Crippen LogP contribution in [0.4, 0.5) is 5.69 Å². The Labute approximate surface area is 229 Å². The highest BCUT2D eigenvalue weighted by atomic mass is 35.5. The van der Waals surface area contributed by atoms with Gasteiger partial charge >= 0.3 is 0 Å². The summed E-state index contributed by atoms with van der Waals surface area (Å²) < 4.78 is 39.4. The number of phenolic OH excluding ortho intramolecular Hbond substituents is 1. The molecule has 38 heavy (non-hydrogen) atoms. The summed E-state index contributed by atoms with van der Waals surface area (Å²) in [6, 6.07) is 21.6. The van der Waals surface area contributed by atoms with Gasteiger partial charge < -0.3 is 19.9 Å². The molecule has 4 aromatic carbocycles. The van der Waals surface area contributed by atoms with E-state index in [1.807, 2.05) is 0 Å². The maximum absolute atomic E-state index is 13.1. The Bertz CT molecular complexity index is 1580. The fraction of sp³-hybridized carbons (Fsp3) is 0.0741. The number of phenols is 1. The second-order valence-electron chi connectivity index (χ2n) is 7.99. The second-order valence-corrected chi connectivity index (χ2v) is 10.5. The molecule has 0 radical (unpaired) electrons. The van der Waals surface area contributed by atoms with Crippen molar-refractivity contribution >= 4 is 44.8 Å². The van der Waals surface area contributed by atoms with Crippen LogP contribution in [0.25, 0.3) is 0 Å². The van der Waals surface area contributed by atoms with Crippen molar-refractivity contribution in [2.24, 2.45) is 0 Å². The van der Waals surface area contributed by atoms with E-state index in [9.17, 15) is 18.3 Å². The topological polar surface area (TPSA) is 114 Å². The van der Waals surface area contributed by atoms with Crippen LogP contribution in [0.2, 0.25) is 10.0 Å². The van der Waals surface area contributed by atoms with Crippen molar-refractivity contribution in [2.45, 2.75) is 11.4 Å². The number of ether oxygens (including phenoxy) is 2. The Hall–Kier alpha value is -3.92. The highest BCUT2D eigenvalue weighted by Gasteiger charge is 2.20. The largest absolute Gasteiger partial charge is 0.504 e. The fourth-order valence-corrected chi connectivity index (χ4v) is 4.87. The minimum atomic E-state index is -4.06. The normalized spacial score (nSPS) is 11.0. The van der Waals surface area contributed by atoms with Gasteiger partial charge in [0, 0.05) is 11.6 Å². The fourth-order valence-electron chi connectivity index (χ4n) is 3.45. The van der Waals surface area contributed by atoms with Gasteiger partial charge in [0.2, 0.25) is 0 Å². The molecule has 3 N–H and O–H groups in total. The summed E-state index contributed by atoms with van der Waals surface area (Å²) in [6.45, 7) is 0.0983. The molecule has 196 valence electrons. The summed E-state index contributed by atoms with van der Waals surface area (Å²) >= 11 is 12.2. The Morgan fingerprint density at radius 1 is 0.921 bits per heavy atom. The Balaban J connectivity index is 1.50. The van der Waals surface area contributed by atoms with Crippen LogP contribution in [0.15, 0.2) is 89.8 Å². The summed E-state index contributed by atoms with van der Waals surface area (Å²) in [6.07, 6.45) is 0. The third-order valence-corrected chi connectivity index (χ3v) is 7.30. The van der Waals surface area contributed by atoms with Crippen LogP contribution < -0.4 is 19.5 Å². The maximum atomic E-state index is 13.1. The molecule has 0 saturated carbocycles. The molecule has 0 aliphatic carbocycles. The first-order valence-corrected chi connectivity index (χ1v) is 13.4. The van der Waals surface area contributed by atoms with E-state index in [4.69, 9.17) is 32.7 Å². The van der Waals surface area contributed by atoms with Gasteiger partial charge in [-0.3, -0.25) is 9.52 Å². The molecule has 0 aliphatic heterocycles. The molecule has 0 spiro atoms. The monoisotopic (exact) mass is 572 g/mol. The number of hydrogen-bond acceptors (Lipinski definition) is 6. The van der Waals surface area contributed by atoms with E-state index in [1.165, 1.54) is 55.6 Å². The molecule has 0 atom stereocenters. The van der Waals surface area contributed by atoms with Gasteiger partial charge in [-0.15, -0.1) is 0 Å². The number of hydrogen-bond donors (Lipinski definition) is 3. The van der Waals surface area contributed by atoms with Crippen molar-refractivity contribution in [1.82, 2.24) is 5.32 Å². The molecular formula is C27H22Cl2N2O6S. The summed E-state index contributed by atoms with van der Waals surface area (Å²) in [5, 5.41) is 13.1. The zero-order valence-corrected chi connectivity index (χ0v) is 22.3. The highest BCUT2D eigenvalue weighted by Crippen LogP contribution is 2.30. The van der Waals surface area contributed by atoms with Crippen molar-refractivity contribution in [3.05, 3.63) is 106 Å². The quantitative estimate of drug-likeness (QED) is 0.219. The molecular weight excluding hydrogens is 551 g/mol. The molecule has 0 fully saturated rings. The Morgan fingerprint density at radius 3 is 2.37 bits per heavy atom. The molecule has 0 heterocycles. The third kappa shape index (κ3) is 6.49. The predicted molar refractivity (Wildman–Crippen MR) is 146 cm³/mol. The van der Waals surface area contributed by atoms with Crippen molar-refractivity contribution in [2.75, 3.05) is 11.8 Å². The summed E-state index contributed by atoms with van der Waals surface area (Å²) in [5.41, 5.74) is 0.744. The number of benzene rings is 4. The number of aromatic hydroxyl groups is 1. The minimum absolute atomic E-state index is 0.0300. The molecule has 0 aliphatic rings. The lowest BCUT2D eigenvalue weighted by Gasteiger charge is -2.14. The van der Waals surface area contributed by atoms with Crippen LogP contribution in [0.1, 0.15) is 15.9 Å². The molecule has 11 heteroatoms. The molecule has 0 saturated heterocycles. The second kappa shape index (κ2) is 11.6. The van der Waals surface area contributed by atoms with E-state index in [0.717, 1.165) is 0 Å². The number of amides is 1. The van der Waals surface area contributed by atoms with Gasteiger partial charge in [0.1, 0.15) is 11.5 Å². The van der Waals surface area contributed by atoms with Gasteiger partial charge in [-0.1, -0.05) is 41.4 Å². The van der Waals surface area contributed by atoms with Gasteiger partial charge in [-0.05, 0) is 72.3 Å². The number of rotatable bonds is 9. The predicted octanol–water partition coefficient (Wildman–Crippen LogP) is 6.23. The number of para-hydroxylation sites is 1. The van der Waals surface area contributed by atoms with Crippen molar-refractivity contribution in [1.29, 1.82) is 0 Å². The average molecular weight is 573 g/mol. The first-order chi connectivity index (χ1) is 18.2. The van der Waals surface area contributed by atoms with Crippen molar-refractivity contribution in [3.63, 3.8) is 0 Å². The van der Waals surface area contributed by atoms with Gasteiger partial charge in [-0.25, -0.2) is 8.42 Å². The van der Waals surface area contributed by atoms with E-state index in [0.29, 0.717) is 22.1 Å². The number of anilines is 1. The number of methoxy groups -OCH3 is 1. The van der Waals surface area contributed by atoms with Crippen LogP contribution >= 0.6 is 23.2 Å². The zero-order chi connectivity index (χ0) is 27.3. The molecule has 0 bridgehead atoms. The highest BCUT2D eigenvalue weighted by molar-refractivity contribution is 7.92. The Kier molecular flexibility index (Phi) is 8.31.